The maximum absolute atomic E-state index is 6.40. The first-order chi connectivity index (χ1) is 18.6. The molecule has 192 valence electrons. The monoisotopic (exact) mass is 544 g/mol. The molecule has 0 saturated heterocycles. The highest BCUT2D eigenvalue weighted by molar-refractivity contribution is 6.36. The molecule has 1 N–H and O–H groups in total. The first-order valence-electron chi connectivity index (χ1n) is 12.4. The van der Waals surface area contributed by atoms with E-state index in [1.165, 1.54) is 0 Å². The molecular weight excluding hydrogens is 519 g/mol. The maximum Gasteiger partial charge on any atom is 0.148 e. The third kappa shape index (κ3) is 6.30. The van der Waals surface area contributed by atoms with Gasteiger partial charge in [0.1, 0.15) is 17.4 Å². The summed E-state index contributed by atoms with van der Waals surface area (Å²) in [5.41, 5.74) is 5.05. The van der Waals surface area contributed by atoms with E-state index < -0.39 is 0 Å². The third-order valence-electron chi connectivity index (χ3n) is 6.09. The molecule has 7 nitrogen and oxygen atoms in total. The Hall–Kier alpha value is -3.94. The van der Waals surface area contributed by atoms with E-state index in [1.807, 2.05) is 36.5 Å². The van der Waals surface area contributed by atoms with Gasteiger partial charge in [0.15, 0.2) is 0 Å². The lowest BCUT2D eigenvalue weighted by molar-refractivity contribution is 0.310. The largest absolute Gasteiger partial charge is 0.494 e. The van der Waals surface area contributed by atoms with Gasteiger partial charge in [-0.3, -0.25) is 0 Å². The Morgan fingerprint density at radius 3 is 2.39 bits per heavy atom. The normalized spacial score (nSPS) is 11.3. The van der Waals surface area contributed by atoms with E-state index >= 15 is 0 Å². The lowest BCUT2D eigenvalue weighted by Crippen LogP contribution is -2.00. The van der Waals surface area contributed by atoms with Crippen molar-refractivity contribution in [2.24, 2.45) is 0 Å². The van der Waals surface area contributed by atoms with E-state index in [-0.39, 0.29) is 0 Å². The van der Waals surface area contributed by atoms with Crippen LogP contribution >= 0.6 is 23.2 Å². The molecule has 0 saturated carbocycles. The Balaban J connectivity index is 1.21. The summed E-state index contributed by atoms with van der Waals surface area (Å²) in [6.45, 7) is 3.49. The molecular formula is C29H26Cl2N6O. The molecule has 0 unspecified atom stereocenters. The van der Waals surface area contributed by atoms with Crippen LogP contribution < -0.4 is 4.74 Å². The number of benzene rings is 3. The highest BCUT2D eigenvalue weighted by atomic mass is 35.5. The Morgan fingerprint density at radius 2 is 1.71 bits per heavy atom. The predicted molar refractivity (Wildman–Crippen MR) is 152 cm³/mol. The number of nitrogens with one attached hydrogen (secondary N) is 1. The number of tetrazole rings is 1. The van der Waals surface area contributed by atoms with Crippen molar-refractivity contribution in [3.63, 3.8) is 0 Å². The Morgan fingerprint density at radius 1 is 0.947 bits per heavy atom. The second-order valence-corrected chi connectivity index (χ2v) is 9.52. The highest BCUT2D eigenvalue weighted by Gasteiger charge is 2.10. The van der Waals surface area contributed by atoms with Crippen LogP contribution in [0.4, 0.5) is 0 Å². The van der Waals surface area contributed by atoms with Crippen LogP contribution in [-0.4, -0.2) is 36.8 Å². The summed E-state index contributed by atoms with van der Waals surface area (Å²) in [5, 5.41) is 15.0. The fourth-order valence-electron chi connectivity index (χ4n) is 4.06. The number of hydrogen-bond acceptors (Lipinski definition) is 5. The van der Waals surface area contributed by atoms with Gasteiger partial charge in [-0.25, -0.2) is 10.1 Å². The summed E-state index contributed by atoms with van der Waals surface area (Å²) in [4.78, 5) is 4.80. The standard InChI is InChI=1S/C29H26Cl2N6O/c1-2-37-19-27(25-15-12-23(30)18-26(25)31)32-29(37)16-7-20-5-8-21(9-6-20)22-10-13-24(14-11-22)38-17-3-4-28-33-35-36-34-28/h5-16,18-19H,2-4,17H2,1H3,(H,33,34,35,36). The van der Waals surface area contributed by atoms with E-state index in [2.05, 4.69) is 74.6 Å². The van der Waals surface area contributed by atoms with Gasteiger partial charge in [-0.15, -0.1) is 5.10 Å². The number of halogens is 2. The zero-order valence-electron chi connectivity index (χ0n) is 20.8. The molecule has 0 radical (unpaired) electrons. The lowest BCUT2D eigenvalue weighted by atomic mass is 10.0. The minimum atomic E-state index is 0.588. The minimum Gasteiger partial charge on any atom is -0.494 e. The molecule has 3 aromatic carbocycles. The fraction of sp³-hybridized carbons (Fsp3) is 0.172. The van der Waals surface area contributed by atoms with E-state index in [9.17, 15) is 0 Å². The van der Waals surface area contributed by atoms with E-state index in [4.69, 9.17) is 32.9 Å². The summed E-state index contributed by atoms with van der Waals surface area (Å²) in [7, 11) is 0. The zero-order valence-corrected chi connectivity index (χ0v) is 22.3. The number of nitrogens with zero attached hydrogens (tertiary/aromatic N) is 5. The molecule has 0 aliphatic rings. The van der Waals surface area contributed by atoms with Gasteiger partial charge >= 0.3 is 0 Å². The van der Waals surface area contributed by atoms with Crippen LogP contribution in [0.15, 0.2) is 72.9 Å². The van der Waals surface area contributed by atoms with Gasteiger partial charge in [0.25, 0.3) is 0 Å². The first-order valence-corrected chi connectivity index (χ1v) is 13.1. The van der Waals surface area contributed by atoms with Gasteiger partial charge in [-0.2, -0.15) is 0 Å². The molecule has 0 aliphatic heterocycles. The van der Waals surface area contributed by atoms with Gasteiger partial charge in [-0.05, 0) is 76.9 Å². The van der Waals surface area contributed by atoms with Crippen LogP contribution in [0.2, 0.25) is 10.0 Å². The first kappa shape index (κ1) is 25.7. The van der Waals surface area contributed by atoms with Crippen molar-refractivity contribution in [2.45, 2.75) is 26.3 Å². The number of imidazole rings is 1. The van der Waals surface area contributed by atoms with Crippen molar-refractivity contribution in [3.8, 4) is 28.1 Å². The molecule has 0 bridgehead atoms. The van der Waals surface area contributed by atoms with Crippen LogP contribution in [0.5, 0.6) is 5.75 Å². The molecule has 0 atom stereocenters. The number of H-pyrrole nitrogens is 1. The fourth-order valence-corrected chi connectivity index (χ4v) is 4.56. The SMILES string of the molecule is CCn1cc(-c2ccc(Cl)cc2Cl)nc1C=Cc1ccc(-c2ccc(OCCCc3nnn[nH]3)cc2)cc1. The molecule has 5 aromatic rings. The molecule has 0 spiro atoms. The van der Waals surface area contributed by atoms with Gasteiger partial charge in [0, 0.05) is 29.7 Å². The van der Waals surface area contributed by atoms with Gasteiger partial charge in [-0.1, -0.05) is 65.7 Å². The Kier molecular flexibility index (Phi) is 8.16. The van der Waals surface area contributed by atoms with E-state index in [0.717, 1.165) is 64.7 Å². The zero-order chi connectivity index (χ0) is 26.3. The second-order valence-electron chi connectivity index (χ2n) is 8.67. The molecule has 2 heterocycles. The third-order valence-corrected chi connectivity index (χ3v) is 6.64. The molecule has 9 heteroatoms. The molecule has 0 amide bonds. The average molecular weight is 545 g/mol. The minimum absolute atomic E-state index is 0.588. The van der Waals surface area contributed by atoms with Crippen LogP contribution in [0, 0.1) is 0 Å². The predicted octanol–water partition coefficient (Wildman–Crippen LogP) is 7.24. The number of rotatable bonds is 10. The quantitative estimate of drug-likeness (QED) is 0.187. The molecule has 0 fully saturated rings. The van der Waals surface area contributed by atoms with Gasteiger partial charge < -0.3 is 9.30 Å². The molecule has 0 aliphatic carbocycles. The van der Waals surface area contributed by atoms with Crippen LogP contribution in [-0.2, 0) is 13.0 Å². The Bertz CT molecular complexity index is 1510. The molecule has 5 rings (SSSR count). The van der Waals surface area contributed by atoms with Crippen LogP contribution in [0.3, 0.4) is 0 Å². The van der Waals surface area contributed by atoms with Crippen molar-refractivity contribution in [1.82, 2.24) is 30.2 Å². The van der Waals surface area contributed by atoms with E-state index in [1.54, 1.807) is 6.07 Å². The lowest BCUT2D eigenvalue weighted by Gasteiger charge is -2.07. The number of aromatic nitrogens is 6. The second kappa shape index (κ2) is 12.1. The number of aromatic amines is 1. The van der Waals surface area contributed by atoms with Crippen molar-refractivity contribution in [2.75, 3.05) is 6.61 Å². The summed E-state index contributed by atoms with van der Waals surface area (Å²) in [6, 6.07) is 22.0. The number of aryl methyl sites for hydroxylation is 2. The van der Waals surface area contributed by atoms with Crippen molar-refractivity contribution in [1.29, 1.82) is 0 Å². The van der Waals surface area contributed by atoms with Crippen LogP contribution in [0.25, 0.3) is 34.5 Å². The van der Waals surface area contributed by atoms with Crippen molar-refractivity contribution in [3.05, 3.63) is 100 Å². The highest BCUT2D eigenvalue weighted by Crippen LogP contribution is 2.30. The maximum atomic E-state index is 6.40. The smallest absolute Gasteiger partial charge is 0.148 e. The average Bonchev–Trinajstić information content (AvgIpc) is 3.61. The molecule has 2 aromatic heterocycles. The topological polar surface area (TPSA) is 81.5 Å². The van der Waals surface area contributed by atoms with Crippen molar-refractivity contribution < 1.29 is 4.74 Å². The summed E-state index contributed by atoms with van der Waals surface area (Å²) >= 11 is 12.4. The van der Waals surface area contributed by atoms with Crippen molar-refractivity contribution >= 4 is 35.4 Å². The van der Waals surface area contributed by atoms with Gasteiger partial charge in [0.2, 0.25) is 0 Å². The van der Waals surface area contributed by atoms with E-state index in [0.29, 0.717) is 16.7 Å². The van der Waals surface area contributed by atoms with Gasteiger partial charge in [0.05, 0.1) is 17.3 Å². The summed E-state index contributed by atoms with van der Waals surface area (Å²) in [5.74, 6) is 2.48. The summed E-state index contributed by atoms with van der Waals surface area (Å²) < 4.78 is 7.93. The number of ether oxygens (including phenoxy) is 1. The summed E-state index contributed by atoms with van der Waals surface area (Å²) in [6.07, 6.45) is 7.69. The Labute approximate surface area is 231 Å². The number of hydrogen-bond donors (Lipinski definition) is 1. The molecule has 38 heavy (non-hydrogen) atoms. The van der Waals surface area contributed by atoms with Crippen LogP contribution in [0.1, 0.15) is 30.6 Å².